The van der Waals surface area contributed by atoms with Crippen molar-refractivity contribution in [3.63, 3.8) is 0 Å². The number of allylic oxidation sites excluding steroid dienone is 1. The average Bonchev–Trinajstić information content (AvgIpc) is 2.64. The maximum absolute atomic E-state index is 12.1. The smallest absolute Gasteiger partial charge is 0.303 e. The topological polar surface area (TPSA) is 66.4 Å². The van der Waals surface area contributed by atoms with Crippen molar-refractivity contribution in [1.29, 1.82) is 0 Å². The Morgan fingerprint density at radius 1 is 1.00 bits per heavy atom. The lowest BCUT2D eigenvalue weighted by atomic mass is 10.1. The Labute approximate surface area is 168 Å². The zero-order valence-corrected chi connectivity index (χ0v) is 17.3. The van der Waals surface area contributed by atoms with E-state index < -0.39 is 5.97 Å². The normalized spacial score (nSPS) is 11.4. The van der Waals surface area contributed by atoms with Crippen molar-refractivity contribution >= 4 is 30.2 Å². The van der Waals surface area contributed by atoms with E-state index in [0.717, 1.165) is 29.0 Å². The average molecular weight is 392 g/mol. The fourth-order valence-electron chi connectivity index (χ4n) is 2.89. The molecular weight excluding hydrogens is 358 g/mol. The van der Waals surface area contributed by atoms with Crippen molar-refractivity contribution in [2.45, 2.75) is 82.4 Å². The van der Waals surface area contributed by atoms with Crippen LogP contribution in [0.4, 0.5) is 0 Å². The predicted octanol–water partition coefficient (Wildman–Crippen LogP) is 5.83. The number of carboxylic acids is 1. The lowest BCUT2D eigenvalue weighted by Crippen LogP contribution is -2.22. The molecule has 5 heteroatoms. The number of unbranched alkanes of at least 4 members (excludes halogenated alkanes) is 8. The van der Waals surface area contributed by atoms with Gasteiger partial charge in [-0.15, -0.1) is 12.6 Å². The van der Waals surface area contributed by atoms with Crippen LogP contribution >= 0.6 is 12.6 Å². The Morgan fingerprint density at radius 2 is 1.63 bits per heavy atom. The molecule has 0 spiro atoms. The molecule has 0 aliphatic rings. The van der Waals surface area contributed by atoms with E-state index in [4.69, 9.17) is 5.11 Å². The first-order valence-electron chi connectivity index (χ1n) is 10.0. The van der Waals surface area contributed by atoms with Gasteiger partial charge in [0.15, 0.2) is 0 Å². The van der Waals surface area contributed by atoms with E-state index in [0.29, 0.717) is 0 Å². The summed E-state index contributed by atoms with van der Waals surface area (Å²) in [5, 5.41) is 11.6. The third kappa shape index (κ3) is 10.9. The molecule has 1 aromatic rings. The predicted molar refractivity (Wildman–Crippen MR) is 114 cm³/mol. The number of nitrogens with one attached hydrogen (secondary N) is 1. The Hall–Kier alpha value is -1.75. The van der Waals surface area contributed by atoms with E-state index in [1.54, 1.807) is 0 Å². The minimum absolute atomic E-state index is 0.0286. The highest BCUT2D eigenvalue weighted by Crippen LogP contribution is 2.22. The quantitative estimate of drug-likeness (QED) is 0.276. The van der Waals surface area contributed by atoms with Crippen LogP contribution in [0.5, 0.6) is 0 Å². The maximum atomic E-state index is 12.1. The summed E-state index contributed by atoms with van der Waals surface area (Å²) in [7, 11) is 0. The summed E-state index contributed by atoms with van der Waals surface area (Å²) in [5.41, 5.74) is 1.59. The number of thiol groups is 1. The summed E-state index contributed by atoms with van der Waals surface area (Å²) in [4.78, 5) is 23.5. The van der Waals surface area contributed by atoms with Crippen molar-refractivity contribution in [3.05, 3.63) is 35.9 Å². The van der Waals surface area contributed by atoms with E-state index >= 15 is 0 Å². The van der Waals surface area contributed by atoms with Gasteiger partial charge in [-0.2, -0.15) is 0 Å². The summed E-state index contributed by atoms with van der Waals surface area (Å²) in [6.07, 6.45) is 12.8. The van der Waals surface area contributed by atoms with Gasteiger partial charge in [-0.25, -0.2) is 0 Å². The first-order valence-corrected chi connectivity index (χ1v) is 10.5. The molecular formula is C22H33NO3S. The van der Waals surface area contributed by atoms with Gasteiger partial charge in [0, 0.05) is 22.6 Å². The van der Waals surface area contributed by atoms with Crippen molar-refractivity contribution < 1.29 is 14.7 Å². The van der Waals surface area contributed by atoms with Crippen molar-refractivity contribution in [1.82, 2.24) is 5.32 Å². The van der Waals surface area contributed by atoms with E-state index in [1.807, 2.05) is 30.3 Å². The van der Waals surface area contributed by atoms with Crippen LogP contribution in [-0.2, 0) is 9.59 Å². The Kier molecular flexibility index (Phi) is 12.4. The van der Waals surface area contributed by atoms with Crippen LogP contribution in [0, 0.1) is 0 Å². The molecule has 1 aromatic carbocycles. The number of aliphatic carboxylic acids is 1. The molecule has 0 fully saturated rings. The first kappa shape index (κ1) is 23.3. The van der Waals surface area contributed by atoms with Crippen molar-refractivity contribution in [3.8, 4) is 0 Å². The van der Waals surface area contributed by atoms with Gasteiger partial charge in [-0.1, -0.05) is 76.1 Å². The van der Waals surface area contributed by atoms with Gasteiger partial charge < -0.3 is 10.4 Å². The lowest BCUT2D eigenvalue weighted by molar-refractivity contribution is -0.138. The molecule has 150 valence electrons. The van der Waals surface area contributed by atoms with Gasteiger partial charge in [-0.05, 0) is 18.9 Å². The number of amides is 1. The van der Waals surface area contributed by atoms with E-state index in [9.17, 15) is 9.59 Å². The second-order valence-corrected chi connectivity index (χ2v) is 7.32. The third-order valence-electron chi connectivity index (χ3n) is 4.44. The molecule has 0 aliphatic carbocycles. The molecule has 0 aromatic heterocycles. The number of benzene rings is 1. The van der Waals surface area contributed by atoms with Crippen LogP contribution in [0.15, 0.2) is 35.2 Å². The lowest BCUT2D eigenvalue weighted by Gasteiger charge is -2.12. The van der Waals surface area contributed by atoms with Gasteiger partial charge in [-0.3, -0.25) is 9.59 Å². The highest BCUT2D eigenvalue weighted by molar-refractivity contribution is 7.80. The van der Waals surface area contributed by atoms with Crippen LogP contribution in [0.2, 0.25) is 0 Å². The SMILES string of the molecule is CCCCCCCCCC/C=C(/NC(=O)CCC(=O)O)c1ccccc1S. The van der Waals surface area contributed by atoms with Gasteiger partial charge >= 0.3 is 5.97 Å². The number of hydrogen-bond acceptors (Lipinski definition) is 3. The minimum atomic E-state index is -0.968. The van der Waals surface area contributed by atoms with E-state index in [2.05, 4.69) is 24.9 Å². The van der Waals surface area contributed by atoms with Crippen LogP contribution in [0.3, 0.4) is 0 Å². The zero-order valence-electron chi connectivity index (χ0n) is 16.4. The standard InChI is InChI=1S/C22H33NO3S/c1-2-3-4-5-6-7-8-9-10-14-19(18-13-11-12-15-20(18)27)23-21(24)16-17-22(25)26/h11-15,27H,2-10,16-17H2,1H3,(H,23,24)(H,25,26)/b19-14+. The van der Waals surface area contributed by atoms with Crippen LogP contribution in [0.1, 0.15) is 83.1 Å². The maximum Gasteiger partial charge on any atom is 0.303 e. The fourth-order valence-corrected chi connectivity index (χ4v) is 3.17. The number of hydrogen-bond donors (Lipinski definition) is 3. The first-order chi connectivity index (χ1) is 13.0. The molecule has 0 saturated carbocycles. The third-order valence-corrected chi connectivity index (χ3v) is 4.83. The molecule has 0 heterocycles. The van der Waals surface area contributed by atoms with Crippen molar-refractivity contribution in [2.24, 2.45) is 0 Å². The van der Waals surface area contributed by atoms with Crippen LogP contribution in [0.25, 0.3) is 5.70 Å². The Bertz CT molecular complexity index is 613. The Morgan fingerprint density at radius 3 is 2.26 bits per heavy atom. The number of carbonyl (C=O) groups is 2. The highest BCUT2D eigenvalue weighted by atomic mass is 32.1. The molecule has 0 aliphatic heterocycles. The Balaban J connectivity index is 2.53. The molecule has 1 rings (SSSR count). The molecule has 0 bridgehead atoms. The molecule has 4 nitrogen and oxygen atoms in total. The molecule has 0 saturated heterocycles. The largest absolute Gasteiger partial charge is 0.481 e. The second-order valence-electron chi connectivity index (χ2n) is 6.84. The zero-order chi connectivity index (χ0) is 19.9. The van der Waals surface area contributed by atoms with Gasteiger partial charge in [0.2, 0.25) is 5.91 Å². The fraction of sp³-hybridized carbons (Fsp3) is 0.545. The second kappa shape index (κ2) is 14.3. The van der Waals surface area contributed by atoms with E-state index in [1.165, 1.54) is 44.9 Å². The summed E-state index contributed by atoms with van der Waals surface area (Å²) in [6, 6.07) is 7.60. The summed E-state index contributed by atoms with van der Waals surface area (Å²) in [6.45, 7) is 2.23. The monoisotopic (exact) mass is 391 g/mol. The van der Waals surface area contributed by atoms with Gasteiger partial charge in [0.05, 0.1) is 6.42 Å². The summed E-state index contributed by atoms with van der Waals surface area (Å²) < 4.78 is 0. The molecule has 27 heavy (non-hydrogen) atoms. The van der Waals surface area contributed by atoms with Crippen LogP contribution < -0.4 is 5.32 Å². The minimum Gasteiger partial charge on any atom is -0.481 e. The molecule has 0 atom stereocenters. The van der Waals surface area contributed by atoms with Gasteiger partial charge in [0.25, 0.3) is 0 Å². The summed E-state index contributed by atoms with van der Waals surface area (Å²) in [5.74, 6) is -1.25. The molecule has 2 N–H and O–H groups in total. The van der Waals surface area contributed by atoms with E-state index in [-0.39, 0.29) is 18.7 Å². The molecule has 0 radical (unpaired) electrons. The molecule has 0 unspecified atom stereocenters. The van der Waals surface area contributed by atoms with Crippen molar-refractivity contribution in [2.75, 3.05) is 0 Å². The van der Waals surface area contributed by atoms with Gasteiger partial charge in [0.1, 0.15) is 0 Å². The highest BCUT2D eigenvalue weighted by Gasteiger charge is 2.10. The number of rotatable bonds is 14. The van der Waals surface area contributed by atoms with Crippen LogP contribution in [-0.4, -0.2) is 17.0 Å². The number of carboxylic acid groups (broad SMARTS) is 1. The summed E-state index contributed by atoms with van der Waals surface area (Å²) >= 11 is 4.48. The number of carbonyl (C=O) groups excluding carboxylic acids is 1. The molecule has 1 amide bonds.